The van der Waals surface area contributed by atoms with Gasteiger partial charge in [-0.15, -0.1) is 0 Å². The highest BCUT2D eigenvalue weighted by atomic mass is 32.1. The SMILES string of the molecule is Cc1ccccc1[C@H](NC(=S)Nc1cccc(N2CCCC2=O)c1)c1ccccc1. The maximum absolute atomic E-state index is 12.1. The third kappa shape index (κ3) is 4.52. The molecule has 2 N–H and O–H groups in total. The molecule has 1 fully saturated rings. The first kappa shape index (κ1) is 20.1. The second-order valence-electron chi connectivity index (χ2n) is 7.50. The van der Waals surface area contributed by atoms with E-state index in [1.165, 1.54) is 11.1 Å². The van der Waals surface area contributed by atoms with E-state index >= 15 is 0 Å². The monoisotopic (exact) mass is 415 g/mol. The van der Waals surface area contributed by atoms with E-state index in [0.29, 0.717) is 11.5 Å². The summed E-state index contributed by atoms with van der Waals surface area (Å²) >= 11 is 5.65. The molecular weight excluding hydrogens is 390 g/mol. The van der Waals surface area contributed by atoms with Gasteiger partial charge in [0.05, 0.1) is 6.04 Å². The van der Waals surface area contributed by atoms with E-state index in [4.69, 9.17) is 12.2 Å². The third-order valence-electron chi connectivity index (χ3n) is 5.40. The Kier molecular flexibility index (Phi) is 6.10. The van der Waals surface area contributed by atoms with Crippen molar-refractivity contribution >= 4 is 34.6 Å². The van der Waals surface area contributed by atoms with E-state index in [9.17, 15) is 4.79 Å². The van der Waals surface area contributed by atoms with Crippen LogP contribution < -0.4 is 15.5 Å². The Morgan fingerprint density at radius 3 is 2.50 bits per heavy atom. The molecule has 3 aromatic carbocycles. The van der Waals surface area contributed by atoms with Gasteiger partial charge >= 0.3 is 0 Å². The number of carbonyl (C=O) groups excluding carboxylic acids is 1. The molecule has 0 aliphatic carbocycles. The fraction of sp³-hybridized carbons (Fsp3) is 0.200. The Morgan fingerprint density at radius 2 is 1.77 bits per heavy atom. The zero-order chi connectivity index (χ0) is 20.9. The average Bonchev–Trinajstić information content (AvgIpc) is 3.19. The van der Waals surface area contributed by atoms with Crippen LogP contribution in [-0.4, -0.2) is 17.6 Å². The second-order valence-corrected chi connectivity index (χ2v) is 7.91. The van der Waals surface area contributed by atoms with Gasteiger partial charge in [0, 0.05) is 24.3 Å². The predicted molar refractivity (Wildman–Crippen MR) is 127 cm³/mol. The molecule has 152 valence electrons. The summed E-state index contributed by atoms with van der Waals surface area (Å²) in [7, 11) is 0. The van der Waals surface area contributed by atoms with E-state index < -0.39 is 0 Å². The lowest BCUT2D eigenvalue weighted by atomic mass is 9.95. The molecule has 0 unspecified atom stereocenters. The van der Waals surface area contributed by atoms with Gasteiger partial charge < -0.3 is 15.5 Å². The number of benzene rings is 3. The Balaban J connectivity index is 1.54. The van der Waals surface area contributed by atoms with E-state index in [1.54, 1.807) is 0 Å². The highest BCUT2D eigenvalue weighted by Crippen LogP contribution is 2.26. The highest BCUT2D eigenvalue weighted by Gasteiger charge is 2.22. The Bertz CT molecular complexity index is 1050. The van der Waals surface area contributed by atoms with E-state index in [-0.39, 0.29) is 11.9 Å². The minimum absolute atomic E-state index is 0.0595. The quantitative estimate of drug-likeness (QED) is 0.563. The van der Waals surface area contributed by atoms with Crippen molar-refractivity contribution < 1.29 is 4.79 Å². The maximum Gasteiger partial charge on any atom is 0.227 e. The zero-order valence-electron chi connectivity index (χ0n) is 17.0. The molecule has 0 spiro atoms. The van der Waals surface area contributed by atoms with Crippen molar-refractivity contribution in [2.24, 2.45) is 0 Å². The van der Waals surface area contributed by atoms with E-state index in [1.807, 2.05) is 59.5 Å². The fourth-order valence-corrected chi connectivity index (χ4v) is 4.10. The summed E-state index contributed by atoms with van der Waals surface area (Å²) < 4.78 is 0. The molecule has 30 heavy (non-hydrogen) atoms. The van der Waals surface area contributed by atoms with Gasteiger partial charge in [-0.25, -0.2) is 0 Å². The van der Waals surface area contributed by atoms with Crippen LogP contribution in [0.1, 0.15) is 35.6 Å². The van der Waals surface area contributed by atoms with Crippen LogP contribution in [0.2, 0.25) is 0 Å². The molecule has 4 rings (SSSR count). The van der Waals surface area contributed by atoms with Gasteiger partial charge in [-0.2, -0.15) is 0 Å². The largest absolute Gasteiger partial charge is 0.352 e. The topological polar surface area (TPSA) is 44.4 Å². The normalized spacial score (nSPS) is 14.4. The van der Waals surface area contributed by atoms with Crippen molar-refractivity contribution in [1.29, 1.82) is 0 Å². The summed E-state index contributed by atoms with van der Waals surface area (Å²) in [6, 6.07) is 26.4. The molecule has 5 heteroatoms. The van der Waals surface area contributed by atoms with Gasteiger partial charge in [0.15, 0.2) is 5.11 Å². The molecule has 1 aliphatic heterocycles. The molecule has 1 heterocycles. The number of hydrogen-bond donors (Lipinski definition) is 2. The van der Waals surface area contributed by atoms with Crippen molar-refractivity contribution in [1.82, 2.24) is 5.32 Å². The summed E-state index contributed by atoms with van der Waals surface area (Å²) in [5.41, 5.74) is 5.30. The van der Waals surface area contributed by atoms with Crippen LogP contribution in [0.25, 0.3) is 0 Å². The summed E-state index contributed by atoms with van der Waals surface area (Å²) in [5, 5.41) is 7.31. The summed E-state index contributed by atoms with van der Waals surface area (Å²) in [6.07, 6.45) is 1.53. The molecule has 4 nitrogen and oxygen atoms in total. The first-order valence-corrected chi connectivity index (χ1v) is 10.6. The number of aryl methyl sites for hydroxylation is 1. The predicted octanol–water partition coefficient (Wildman–Crippen LogP) is 5.20. The van der Waals surface area contributed by atoms with Gasteiger partial charge in [0.25, 0.3) is 0 Å². The molecule has 0 saturated carbocycles. The second kappa shape index (κ2) is 9.09. The van der Waals surface area contributed by atoms with E-state index in [0.717, 1.165) is 29.9 Å². The number of nitrogens with zero attached hydrogens (tertiary/aromatic N) is 1. The maximum atomic E-state index is 12.1. The average molecular weight is 416 g/mol. The minimum atomic E-state index is -0.0595. The molecule has 1 aliphatic rings. The molecule has 0 aromatic heterocycles. The van der Waals surface area contributed by atoms with E-state index in [2.05, 4.69) is 41.8 Å². The molecule has 3 aromatic rings. The van der Waals surface area contributed by atoms with Crippen LogP contribution in [0.5, 0.6) is 0 Å². The Labute approximate surface area is 182 Å². The number of amides is 1. The molecule has 1 amide bonds. The summed E-state index contributed by atoms with van der Waals surface area (Å²) in [6.45, 7) is 2.88. The van der Waals surface area contributed by atoms with Crippen LogP contribution in [0.3, 0.4) is 0 Å². The van der Waals surface area contributed by atoms with Crippen molar-refractivity contribution in [3.8, 4) is 0 Å². The van der Waals surface area contributed by atoms with Gasteiger partial charge in [0.2, 0.25) is 5.91 Å². The van der Waals surface area contributed by atoms with Crippen LogP contribution in [0.15, 0.2) is 78.9 Å². The van der Waals surface area contributed by atoms with Crippen molar-refractivity contribution in [3.63, 3.8) is 0 Å². The summed E-state index contributed by atoms with van der Waals surface area (Å²) in [5.74, 6) is 0.177. The fourth-order valence-electron chi connectivity index (χ4n) is 3.87. The molecule has 0 bridgehead atoms. The standard InChI is InChI=1S/C25H25N3OS/c1-18-9-5-6-14-22(18)24(19-10-3-2-4-11-19)27-25(30)26-20-12-7-13-21(17-20)28-16-8-15-23(28)29/h2-7,9-14,17,24H,8,15-16H2,1H3,(H2,26,27,30)/t24-/m1/s1. The number of hydrogen-bond acceptors (Lipinski definition) is 2. The van der Waals surface area contributed by atoms with Crippen LogP contribution in [-0.2, 0) is 4.79 Å². The zero-order valence-corrected chi connectivity index (χ0v) is 17.8. The lowest BCUT2D eigenvalue weighted by Gasteiger charge is -2.24. The lowest BCUT2D eigenvalue weighted by Crippen LogP contribution is -2.33. The lowest BCUT2D eigenvalue weighted by molar-refractivity contribution is -0.117. The number of nitrogens with one attached hydrogen (secondary N) is 2. The number of carbonyl (C=O) groups is 1. The van der Waals surface area contributed by atoms with Crippen LogP contribution in [0, 0.1) is 6.92 Å². The third-order valence-corrected chi connectivity index (χ3v) is 5.62. The first-order valence-electron chi connectivity index (χ1n) is 10.2. The Morgan fingerprint density at radius 1 is 1.00 bits per heavy atom. The molecule has 0 radical (unpaired) electrons. The van der Waals surface area contributed by atoms with Crippen molar-refractivity contribution in [2.75, 3.05) is 16.8 Å². The summed E-state index contributed by atoms with van der Waals surface area (Å²) in [4.78, 5) is 13.9. The van der Waals surface area contributed by atoms with Crippen molar-refractivity contribution in [3.05, 3.63) is 95.6 Å². The van der Waals surface area contributed by atoms with Gasteiger partial charge in [-0.05, 0) is 60.5 Å². The van der Waals surface area contributed by atoms with Crippen LogP contribution >= 0.6 is 12.2 Å². The minimum Gasteiger partial charge on any atom is -0.352 e. The Hall–Kier alpha value is -3.18. The van der Waals surface area contributed by atoms with Gasteiger partial charge in [0.1, 0.15) is 0 Å². The molecular formula is C25H25N3OS. The van der Waals surface area contributed by atoms with Gasteiger partial charge in [-0.3, -0.25) is 4.79 Å². The van der Waals surface area contributed by atoms with Crippen molar-refractivity contribution in [2.45, 2.75) is 25.8 Å². The molecule has 1 saturated heterocycles. The smallest absolute Gasteiger partial charge is 0.227 e. The first-order chi connectivity index (χ1) is 14.6. The van der Waals surface area contributed by atoms with Crippen LogP contribution in [0.4, 0.5) is 11.4 Å². The van der Waals surface area contributed by atoms with Gasteiger partial charge in [-0.1, -0.05) is 60.7 Å². The number of rotatable bonds is 5. The number of thiocarbonyl (C=S) groups is 1. The number of anilines is 2. The molecule has 1 atom stereocenters. The highest BCUT2D eigenvalue weighted by molar-refractivity contribution is 7.80.